The molecule has 2 aromatic heterocycles. The van der Waals surface area contributed by atoms with E-state index in [0.29, 0.717) is 31.1 Å². The summed E-state index contributed by atoms with van der Waals surface area (Å²) < 4.78 is 7.66. The lowest BCUT2D eigenvalue weighted by Crippen LogP contribution is -2.25. The summed E-state index contributed by atoms with van der Waals surface area (Å²) in [6.07, 6.45) is 5.68. The number of ether oxygens (including phenoxy) is 1. The minimum atomic E-state index is -0.0810. The molecule has 2 heterocycles. The van der Waals surface area contributed by atoms with Gasteiger partial charge in [-0.2, -0.15) is 0 Å². The van der Waals surface area contributed by atoms with Crippen LogP contribution in [0.2, 0.25) is 0 Å². The van der Waals surface area contributed by atoms with Gasteiger partial charge in [0.2, 0.25) is 0 Å². The number of pyridine rings is 1. The van der Waals surface area contributed by atoms with Gasteiger partial charge in [0.05, 0.1) is 12.3 Å². The summed E-state index contributed by atoms with van der Waals surface area (Å²) >= 11 is 0. The van der Waals surface area contributed by atoms with E-state index in [9.17, 15) is 4.79 Å². The zero-order valence-corrected chi connectivity index (χ0v) is 15.3. The van der Waals surface area contributed by atoms with Crippen molar-refractivity contribution in [3.63, 3.8) is 0 Å². The molecule has 0 aliphatic heterocycles. The Balaban J connectivity index is 1.47. The van der Waals surface area contributed by atoms with Gasteiger partial charge in [-0.15, -0.1) is 0 Å². The van der Waals surface area contributed by atoms with Crippen molar-refractivity contribution < 1.29 is 9.53 Å². The van der Waals surface area contributed by atoms with E-state index in [1.165, 1.54) is 0 Å². The fourth-order valence-electron chi connectivity index (χ4n) is 2.63. The number of rotatable bonds is 8. The SMILES string of the molecule is CC(C)CCOc1ccc(C(=O)NCCc2cn3ccccc3n2)cc1. The standard InChI is InChI=1S/C21H25N3O2/c1-16(2)11-14-26-19-8-6-17(7-9-19)21(25)22-12-10-18-15-24-13-4-3-5-20(24)23-18/h3-9,13,15-16H,10-12,14H2,1-2H3,(H,22,25). The van der Waals surface area contributed by atoms with Crippen LogP contribution in [-0.4, -0.2) is 28.4 Å². The van der Waals surface area contributed by atoms with Crippen LogP contribution in [0.25, 0.3) is 5.65 Å². The summed E-state index contributed by atoms with van der Waals surface area (Å²) in [6.45, 7) is 5.59. The predicted molar refractivity (Wildman–Crippen MR) is 103 cm³/mol. The lowest BCUT2D eigenvalue weighted by Gasteiger charge is -2.09. The fraction of sp³-hybridized carbons (Fsp3) is 0.333. The van der Waals surface area contributed by atoms with Crippen LogP contribution < -0.4 is 10.1 Å². The molecule has 136 valence electrons. The van der Waals surface area contributed by atoms with Gasteiger partial charge >= 0.3 is 0 Å². The Morgan fingerprint density at radius 1 is 1.19 bits per heavy atom. The van der Waals surface area contributed by atoms with Crippen molar-refractivity contribution in [3.8, 4) is 5.75 Å². The first-order valence-electron chi connectivity index (χ1n) is 9.05. The highest BCUT2D eigenvalue weighted by Crippen LogP contribution is 2.13. The van der Waals surface area contributed by atoms with Gasteiger partial charge in [-0.25, -0.2) is 4.98 Å². The average molecular weight is 351 g/mol. The van der Waals surface area contributed by atoms with E-state index in [2.05, 4.69) is 24.1 Å². The Labute approximate surface area is 154 Å². The van der Waals surface area contributed by atoms with Crippen molar-refractivity contribution in [1.82, 2.24) is 14.7 Å². The number of carbonyl (C=O) groups is 1. The molecule has 0 unspecified atom stereocenters. The lowest BCUT2D eigenvalue weighted by atomic mass is 10.1. The van der Waals surface area contributed by atoms with Gasteiger partial charge < -0.3 is 14.5 Å². The van der Waals surface area contributed by atoms with E-state index in [1.807, 2.05) is 47.1 Å². The van der Waals surface area contributed by atoms with Crippen molar-refractivity contribution in [1.29, 1.82) is 0 Å². The number of fused-ring (bicyclic) bond motifs is 1. The Hall–Kier alpha value is -2.82. The number of aromatic nitrogens is 2. The van der Waals surface area contributed by atoms with Crippen LogP contribution in [0.5, 0.6) is 5.75 Å². The van der Waals surface area contributed by atoms with E-state index in [-0.39, 0.29) is 5.91 Å². The second-order valence-electron chi connectivity index (χ2n) is 6.76. The molecule has 0 fully saturated rings. The van der Waals surface area contributed by atoms with Crippen molar-refractivity contribution in [2.24, 2.45) is 5.92 Å². The molecule has 3 rings (SSSR count). The Morgan fingerprint density at radius 2 is 2.00 bits per heavy atom. The monoisotopic (exact) mass is 351 g/mol. The second-order valence-corrected chi connectivity index (χ2v) is 6.76. The van der Waals surface area contributed by atoms with Gasteiger partial charge in [0.1, 0.15) is 11.4 Å². The first-order chi connectivity index (χ1) is 12.6. The number of amides is 1. The number of hydrogen-bond donors (Lipinski definition) is 1. The molecule has 5 nitrogen and oxygen atoms in total. The zero-order valence-electron chi connectivity index (χ0n) is 15.3. The molecule has 0 saturated carbocycles. The van der Waals surface area contributed by atoms with Crippen molar-refractivity contribution >= 4 is 11.6 Å². The number of nitrogens with zero attached hydrogens (tertiary/aromatic N) is 2. The third-order valence-corrected chi connectivity index (χ3v) is 4.16. The van der Waals surface area contributed by atoms with Crippen molar-refractivity contribution in [2.45, 2.75) is 26.7 Å². The van der Waals surface area contributed by atoms with E-state index in [1.54, 1.807) is 12.1 Å². The molecular formula is C21H25N3O2. The van der Waals surface area contributed by atoms with Crippen LogP contribution in [0.1, 0.15) is 36.3 Å². The summed E-state index contributed by atoms with van der Waals surface area (Å²) in [6, 6.07) is 13.2. The summed E-state index contributed by atoms with van der Waals surface area (Å²) in [5, 5.41) is 2.94. The summed E-state index contributed by atoms with van der Waals surface area (Å²) in [4.78, 5) is 16.8. The summed E-state index contributed by atoms with van der Waals surface area (Å²) in [7, 11) is 0. The Morgan fingerprint density at radius 3 is 2.73 bits per heavy atom. The van der Waals surface area contributed by atoms with E-state index < -0.39 is 0 Å². The number of benzene rings is 1. The minimum absolute atomic E-state index is 0.0810. The lowest BCUT2D eigenvalue weighted by molar-refractivity contribution is 0.0954. The number of carbonyl (C=O) groups excluding carboxylic acids is 1. The third-order valence-electron chi connectivity index (χ3n) is 4.16. The minimum Gasteiger partial charge on any atom is -0.494 e. The quantitative estimate of drug-likeness (QED) is 0.673. The van der Waals surface area contributed by atoms with Gasteiger partial charge in [-0.05, 0) is 48.7 Å². The first-order valence-corrected chi connectivity index (χ1v) is 9.05. The number of hydrogen-bond acceptors (Lipinski definition) is 3. The maximum atomic E-state index is 12.2. The van der Waals surface area contributed by atoms with Crippen LogP contribution in [0, 0.1) is 5.92 Å². The normalized spacial score (nSPS) is 11.0. The van der Waals surface area contributed by atoms with E-state index in [4.69, 9.17) is 4.74 Å². The highest BCUT2D eigenvalue weighted by molar-refractivity contribution is 5.94. The molecule has 0 spiro atoms. The predicted octanol–water partition coefficient (Wildman–Crippen LogP) is 3.73. The molecule has 5 heteroatoms. The maximum absolute atomic E-state index is 12.2. The smallest absolute Gasteiger partial charge is 0.251 e. The molecule has 0 aliphatic carbocycles. The highest BCUT2D eigenvalue weighted by atomic mass is 16.5. The van der Waals surface area contributed by atoms with Crippen LogP contribution in [0.15, 0.2) is 54.9 Å². The molecule has 0 saturated heterocycles. The second kappa shape index (κ2) is 8.52. The fourth-order valence-corrected chi connectivity index (χ4v) is 2.63. The summed E-state index contributed by atoms with van der Waals surface area (Å²) in [5.74, 6) is 1.34. The Bertz CT molecular complexity index is 820. The van der Waals surface area contributed by atoms with Gasteiger partial charge in [-0.3, -0.25) is 4.79 Å². The van der Waals surface area contributed by atoms with Crippen LogP contribution >= 0.6 is 0 Å². The molecule has 1 aromatic carbocycles. The third kappa shape index (κ3) is 4.85. The molecule has 26 heavy (non-hydrogen) atoms. The maximum Gasteiger partial charge on any atom is 0.251 e. The van der Waals surface area contributed by atoms with Crippen molar-refractivity contribution in [2.75, 3.05) is 13.2 Å². The molecule has 0 aliphatic rings. The van der Waals surface area contributed by atoms with E-state index >= 15 is 0 Å². The van der Waals surface area contributed by atoms with Gasteiger partial charge in [0, 0.05) is 30.9 Å². The topological polar surface area (TPSA) is 55.6 Å². The summed E-state index contributed by atoms with van der Waals surface area (Å²) in [5.41, 5.74) is 2.52. The zero-order chi connectivity index (χ0) is 18.4. The number of imidazole rings is 1. The molecule has 0 atom stereocenters. The number of nitrogens with one attached hydrogen (secondary N) is 1. The van der Waals surface area contributed by atoms with Gasteiger partial charge in [0.15, 0.2) is 0 Å². The molecular weight excluding hydrogens is 326 g/mol. The molecule has 1 amide bonds. The average Bonchev–Trinajstić information content (AvgIpc) is 3.04. The van der Waals surface area contributed by atoms with Crippen LogP contribution in [-0.2, 0) is 6.42 Å². The van der Waals surface area contributed by atoms with Gasteiger partial charge in [0.25, 0.3) is 5.91 Å². The highest BCUT2D eigenvalue weighted by Gasteiger charge is 2.07. The first kappa shape index (κ1) is 18.0. The van der Waals surface area contributed by atoms with Crippen molar-refractivity contribution in [3.05, 3.63) is 66.1 Å². The molecule has 1 N–H and O–H groups in total. The van der Waals surface area contributed by atoms with Crippen LogP contribution in [0.3, 0.4) is 0 Å². The molecule has 0 radical (unpaired) electrons. The Kier molecular flexibility index (Phi) is 5.89. The largest absolute Gasteiger partial charge is 0.494 e. The molecule has 3 aromatic rings. The van der Waals surface area contributed by atoms with Crippen LogP contribution in [0.4, 0.5) is 0 Å². The van der Waals surface area contributed by atoms with E-state index in [0.717, 1.165) is 23.5 Å². The molecule has 0 bridgehead atoms. The van der Waals surface area contributed by atoms with Gasteiger partial charge in [-0.1, -0.05) is 19.9 Å².